The van der Waals surface area contributed by atoms with Gasteiger partial charge in [0.25, 0.3) is 5.56 Å². The number of phenols is 1. The van der Waals surface area contributed by atoms with Crippen LogP contribution in [0.25, 0.3) is 39.5 Å². The van der Waals surface area contributed by atoms with Crippen LogP contribution in [0, 0.1) is 10.4 Å². The summed E-state index contributed by atoms with van der Waals surface area (Å²) in [6.45, 7) is 1.84. The zero-order valence-corrected chi connectivity index (χ0v) is 24.4. The predicted molar refractivity (Wildman–Crippen MR) is 170 cm³/mol. The van der Waals surface area contributed by atoms with Gasteiger partial charge in [-0.05, 0) is 60.7 Å². The van der Waals surface area contributed by atoms with E-state index in [0.717, 1.165) is 13.2 Å². The van der Waals surface area contributed by atoms with Crippen LogP contribution in [0.5, 0.6) is 11.5 Å². The Morgan fingerprint density at radius 1 is 0.891 bits per heavy atom. The SMILES string of the molecule is CC=CC=Cc1cc2c(-c3ccncc3)c3c(c(O)c2c(=O)[nH]1)[C@@]1(CC3)C(O)=c2c(=O)c3c(=O)cc(OC)c(=O)c=3c(=O)c2=C1O. The van der Waals surface area contributed by atoms with Crippen molar-refractivity contribution in [1.82, 2.24) is 9.97 Å². The van der Waals surface area contributed by atoms with Gasteiger partial charge < -0.3 is 25.0 Å². The van der Waals surface area contributed by atoms with Gasteiger partial charge in [0.05, 0.1) is 33.4 Å². The van der Waals surface area contributed by atoms with Gasteiger partial charge in [0.2, 0.25) is 16.3 Å². The number of aliphatic hydroxyl groups excluding tert-OH is 2. The monoisotopic (exact) mass is 616 g/mol. The molecule has 0 saturated carbocycles. The molecule has 0 saturated heterocycles. The lowest BCUT2D eigenvalue weighted by Gasteiger charge is -2.28. The number of fused-ring (bicyclic) bond motifs is 4. The molecule has 11 nitrogen and oxygen atoms in total. The van der Waals surface area contributed by atoms with Gasteiger partial charge in [0.1, 0.15) is 22.7 Å². The van der Waals surface area contributed by atoms with Crippen LogP contribution in [-0.4, -0.2) is 32.4 Å². The first-order valence-corrected chi connectivity index (χ1v) is 14.3. The summed E-state index contributed by atoms with van der Waals surface area (Å²) in [6.07, 6.45) is 10.1. The second-order valence-corrected chi connectivity index (χ2v) is 11.2. The Hall–Kier alpha value is -6.10. The maximum absolute atomic E-state index is 13.8. The van der Waals surface area contributed by atoms with Gasteiger partial charge in [-0.3, -0.25) is 29.0 Å². The number of benzene rings is 1. The summed E-state index contributed by atoms with van der Waals surface area (Å²) in [5, 5.41) is 33.0. The van der Waals surface area contributed by atoms with Crippen LogP contribution in [0.3, 0.4) is 0 Å². The number of hydrogen-bond acceptors (Lipinski definition) is 10. The molecule has 2 heterocycles. The van der Waals surface area contributed by atoms with Crippen LogP contribution in [0.15, 0.2) is 78.9 Å². The minimum absolute atomic E-state index is 0.0640. The maximum Gasteiger partial charge on any atom is 0.260 e. The summed E-state index contributed by atoms with van der Waals surface area (Å²) in [4.78, 5) is 74.1. The Bertz CT molecular complexity index is 2720. The number of aromatic nitrogens is 2. The minimum Gasteiger partial charge on any atom is -0.510 e. The fourth-order valence-corrected chi connectivity index (χ4v) is 7.07. The number of aromatic hydroxyl groups is 1. The molecule has 46 heavy (non-hydrogen) atoms. The third-order valence-electron chi connectivity index (χ3n) is 9.00. The normalized spacial score (nSPS) is 17.3. The highest BCUT2D eigenvalue weighted by Gasteiger charge is 2.54. The van der Waals surface area contributed by atoms with Gasteiger partial charge in [0.15, 0.2) is 11.2 Å². The van der Waals surface area contributed by atoms with Crippen molar-refractivity contribution in [3.05, 3.63) is 144 Å². The van der Waals surface area contributed by atoms with Gasteiger partial charge in [-0.15, -0.1) is 0 Å². The van der Waals surface area contributed by atoms with Crippen LogP contribution in [0.1, 0.15) is 30.2 Å². The molecule has 228 valence electrons. The second kappa shape index (κ2) is 9.96. The molecule has 3 aromatic rings. The average Bonchev–Trinajstić information content (AvgIpc) is 3.54. The van der Waals surface area contributed by atoms with E-state index in [-0.39, 0.29) is 23.8 Å². The molecular formula is C35H24N2O9. The van der Waals surface area contributed by atoms with Gasteiger partial charge >= 0.3 is 0 Å². The second-order valence-electron chi connectivity index (χ2n) is 11.2. The van der Waals surface area contributed by atoms with E-state index in [1.54, 1.807) is 48.8 Å². The van der Waals surface area contributed by atoms with E-state index >= 15 is 0 Å². The number of pyridine rings is 2. The number of allylic oxidation sites excluding steroid dienone is 3. The molecule has 0 aliphatic heterocycles. The lowest BCUT2D eigenvalue weighted by atomic mass is 9.77. The molecule has 2 aromatic heterocycles. The summed E-state index contributed by atoms with van der Waals surface area (Å²) < 4.78 is 4.94. The number of methoxy groups -OCH3 is 1. The molecule has 0 fully saturated rings. The van der Waals surface area contributed by atoms with E-state index in [1.807, 2.05) is 13.0 Å². The first kappa shape index (κ1) is 28.7. The third-order valence-corrected chi connectivity index (χ3v) is 9.00. The van der Waals surface area contributed by atoms with E-state index in [1.165, 1.54) is 0 Å². The van der Waals surface area contributed by atoms with Crippen LogP contribution in [-0.2, 0) is 11.8 Å². The largest absolute Gasteiger partial charge is 0.510 e. The number of aliphatic hydroxyl groups is 2. The molecule has 4 aliphatic carbocycles. The quantitative estimate of drug-likeness (QED) is 0.214. The summed E-state index contributed by atoms with van der Waals surface area (Å²) in [5.74, 6) is -2.54. The van der Waals surface area contributed by atoms with Crippen molar-refractivity contribution in [2.75, 3.05) is 7.11 Å². The van der Waals surface area contributed by atoms with E-state index in [9.17, 15) is 39.3 Å². The van der Waals surface area contributed by atoms with Gasteiger partial charge in [0, 0.05) is 35.1 Å². The Labute approximate surface area is 257 Å². The number of phenolic OH excluding ortho intramolecular Hbond substituents is 1. The number of nitrogens with zero attached hydrogens (tertiary/aromatic N) is 1. The zero-order valence-electron chi connectivity index (χ0n) is 24.4. The lowest BCUT2D eigenvalue weighted by Crippen LogP contribution is -2.51. The standard InChI is InChI=1S/C35H24N2O9/c1-3-4-5-6-16-13-18-21(15-8-11-36-12-9-15)17-7-10-35(27(17)31(42)22(18)34(45)37-16)32(43)25-26(33(35)44)30(41)24-23(29(25)40)19(38)14-20(46-2)28(24)39/h3-6,8-9,11-14,42-44H,7,10H2,1-2H3,(H,37,45)/t35-/m0/s1. The maximum atomic E-state index is 13.8. The van der Waals surface area contributed by atoms with Crippen LogP contribution < -0.4 is 42.4 Å². The first-order chi connectivity index (χ1) is 22.1. The molecule has 0 amide bonds. The number of rotatable bonds is 4. The van der Waals surface area contributed by atoms with E-state index < -0.39 is 76.6 Å². The van der Waals surface area contributed by atoms with E-state index in [2.05, 4.69) is 9.97 Å². The zero-order chi connectivity index (χ0) is 32.7. The van der Waals surface area contributed by atoms with E-state index in [4.69, 9.17) is 4.74 Å². The topological polar surface area (TPSA) is 184 Å². The first-order valence-electron chi connectivity index (χ1n) is 14.3. The van der Waals surface area contributed by atoms with E-state index in [0.29, 0.717) is 27.8 Å². The fraction of sp³-hybridized carbons (Fsp3) is 0.143. The third kappa shape index (κ3) is 3.53. The summed E-state index contributed by atoms with van der Waals surface area (Å²) in [5.41, 5.74) is -4.93. The van der Waals surface area contributed by atoms with Gasteiger partial charge in [-0.25, -0.2) is 0 Å². The van der Waals surface area contributed by atoms with Crippen LogP contribution in [0.2, 0.25) is 0 Å². The highest BCUT2D eigenvalue weighted by atomic mass is 16.5. The molecule has 1 atom stereocenters. The van der Waals surface area contributed by atoms with Crippen molar-refractivity contribution in [2.45, 2.75) is 25.2 Å². The fourth-order valence-electron chi connectivity index (χ4n) is 7.07. The molecule has 4 aliphatic rings. The molecular weight excluding hydrogens is 592 g/mol. The highest BCUT2D eigenvalue weighted by molar-refractivity contribution is 6.05. The highest BCUT2D eigenvalue weighted by Crippen LogP contribution is 2.56. The molecule has 1 spiro atoms. The predicted octanol–water partition coefficient (Wildman–Crippen LogP) is 1.16. The molecule has 11 heteroatoms. The number of aromatic amines is 1. The minimum atomic E-state index is -2.03. The molecule has 0 unspecified atom stereocenters. The van der Waals surface area contributed by atoms with Crippen molar-refractivity contribution >= 4 is 28.4 Å². The van der Waals surface area contributed by atoms with Crippen molar-refractivity contribution in [2.24, 2.45) is 0 Å². The molecule has 1 aromatic carbocycles. The summed E-state index contributed by atoms with van der Waals surface area (Å²) in [6, 6.07) is 5.91. The Morgan fingerprint density at radius 2 is 1.57 bits per heavy atom. The van der Waals surface area contributed by atoms with Crippen LogP contribution in [0.4, 0.5) is 0 Å². The number of H-pyrrole nitrogens is 1. The van der Waals surface area contributed by atoms with Crippen molar-refractivity contribution in [3.8, 4) is 22.6 Å². The lowest BCUT2D eigenvalue weighted by molar-refractivity contribution is 0.362. The Balaban J connectivity index is 1.68. The van der Waals surface area contributed by atoms with Gasteiger partial charge in [-0.2, -0.15) is 0 Å². The number of nitrogens with one attached hydrogen (secondary N) is 1. The smallest absolute Gasteiger partial charge is 0.260 e. The summed E-state index contributed by atoms with van der Waals surface area (Å²) >= 11 is 0. The van der Waals surface area contributed by atoms with Crippen molar-refractivity contribution < 1.29 is 20.1 Å². The Morgan fingerprint density at radius 3 is 2.22 bits per heavy atom. The number of ether oxygens (including phenoxy) is 1. The molecule has 0 radical (unpaired) electrons. The molecule has 4 N–H and O–H groups in total. The van der Waals surface area contributed by atoms with Crippen LogP contribution >= 0.6 is 0 Å². The van der Waals surface area contributed by atoms with Crippen molar-refractivity contribution in [3.63, 3.8) is 0 Å². The van der Waals surface area contributed by atoms with Gasteiger partial charge in [-0.1, -0.05) is 18.2 Å². The number of hydrogen-bond donors (Lipinski definition) is 4. The van der Waals surface area contributed by atoms with Crippen molar-refractivity contribution in [1.29, 1.82) is 0 Å². The molecule has 0 bridgehead atoms. The molecule has 7 rings (SSSR count). The Kier molecular flexibility index (Phi) is 6.21. The summed E-state index contributed by atoms with van der Waals surface area (Å²) in [7, 11) is 1.13. The average molecular weight is 617 g/mol.